The van der Waals surface area contributed by atoms with Crippen molar-refractivity contribution in [1.82, 2.24) is 0 Å². The van der Waals surface area contributed by atoms with Gasteiger partial charge in [0.1, 0.15) is 6.10 Å². The van der Waals surface area contributed by atoms with Crippen LogP contribution in [0.2, 0.25) is 0 Å². The number of carbonyl (C=O) groups excluding carboxylic acids is 1. The first kappa shape index (κ1) is 29.4. The van der Waals surface area contributed by atoms with Gasteiger partial charge in [0.05, 0.1) is 37.6 Å². The van der Waals surface area contributed by atoms with E-state index in [1.807, 2.05) is 100 Å². The zero-order valence-corrected chi connectivity index (χ0v) is 23.2. The maximum atomic E-state index is 12.0. The molecule has 0 aliphatic carbocycles. The lowest BCUT2D eigenvalue weighted by molar-refractivity contribution is -0.271. The molecule has 0 radical (unpaired) electrons. The zero-order chi connectivity index (χ0) is 26.6. The maximum Gasteiger partial charge on any atom is 0.305 e. The van der Waals surface area contributed by atoms with E-state index in [2.05, 4.69) is 0 Å². The van der Waals surface area contributed by atoms with Crippen molar-refractivity contribution >= 4 is 14.3 Å². The smallest absolute Gasteiger partial charge is 0.305 e. The summed E-state index contributed by atoms with van der Waals surface area (Å²) in [6.45, 7) is 10.0. The summed E-state index contributed by atoms with van der Waals surface area (Å²) in [5, 5.41) is 0. The Hall–Kier alpha value is -2.12. The van der Waals surface area contributed by atoms with E-state index in [4.69, 9.17) is 28.0 Å². The van der Waals surface area contributed by atoms with Crippen LogP contribution in [0.1, 0.15) is 52.2 Å². The fourth-order valence-electron chi connectivity index (χ4n) is 3.80. The molecule has 3 rings (SSSR count). The molecule has 1 aliphatic heterocycles. The number of hydrogen-bond donors (Lipinski definition) is 0. The molecule has 37 heavy (non-hydrogen) atoms. The lowest BCUT2D eigenvalue weighted by atomic mass is 10.0. The normalized spacial score (nSPS) is 22.3. The second-order valence-corrected chi connectivity index (χ2v) is 10.7. The first-order valence-electron chi connectivity index (χ1n) is 12.7. The Kier molecular flexibility index (Phi) is 12.2. The Labute approximate surface area is 222 Å². The summed E-state index contributed by atoms with van der Waals surface area (Å²) in [5.41, 5.74) is 2.06. The van der Waals surface area contributed by atoms with Crippen molar-refractivity contribution in [2.75, 3.05) is 0 Å². The molecule has 7 nitrogen and oxygen atoms in total. The van der Waals surface area contributed by atoms with Gasteiger partial charge in [-0.1, -0.05) is 66.7 Å². The molecule has 4 unspecified atom stereocenters. The Morgan fingerprint density at radius 1 is 0.919 bits per heavy atom. The van der Waals surface area contributed by atoms with Crippen LogP contribution in [0.3, 0.4) is 0 Å². The van der Waals surface area contributed by atoms with Gasteiger partial charge in [0.25, 0.3) is 0 Å². The molecule has 0 aromatic heterocycles. The third-order valence-electron chi connectivity index (χ3n) is 5.33. The topological polar surface area (TPSA) is 72.5 Å². The van der Waals surface area contributed by atoms with E-state index in [9.17, 15) is 4.79 Å². The number of ether oxygens (including phenoxy) is 4. The first-order chi connectivity index (χ1) is 17.8. The van der Waals surface area contributed by atoms with Gasteiger partial charge in [0, 0.05) is 13.3 Å². The number of benzene rings is 2. The van der Waals surface area contributed by atoms with Gasteiger partial charge in [-0.05, 0) is 44.6 Å². The highest BCUT2D eigenvalue weighted by molar-refractivity contribution is 7.50. The van der Waals surface area contributed by atoms with Crippen molar-refractivity contribution in [2.24, 2.45) is 0 Å². The average molecular weight is 531 g/mol. The molecule has 1 fully saturated rings. The molecule has 1 aliphatic rings. The number of rotatable bonds is 13. The molecule has 0 N–H and O–H groups in total. The number of hydrogen-bond acceptors (Lipinski definition) is 7. The van der Waals surface area contributed by atoms with Crippen molar-refractivity contribution in [3.63, 3.8) is 0 Å². The van der Waals surface area contributed by atoms with Gasteiger partial charge in [-0.3, -0.25) is 4.79 Å². The molecular weight excluding hydrogens is 491 g/mol. The van der Waals surface area contributed by atoms with Crippen LogP contribution in [-0.4, -0.2) is 42.8 Å². The third kappa shape index (κ3) is 10.6. The van der Waals surface area contributed by atoms with Crippen molar-refractivity contribution < 1.29 is 32.8 Å². The van der Waals surface area contributed by atoms with Crippen molar-refractivity contribution in [1.29, 1.82) is 0 Å². The van der Waals surface area contributed by atoms with Gasteiger partial charge in [-0.15, -0.1) is 0 Å². The minimum absolute atomic E-state index is 0.0216. The molecule has 2 aromatic carbocycles. The van der Waals surface area contributed by atoms with Gasteiger partial charge < -0.3 is 28.0 Å². The van der Waals surface area contributed by atoms with E-state index in [1.54, 1.807) is 0 Å². The summed E-state index contributed by atoms with van der Waals surface area (Å²) < 4.78 is 36.3. The summed E-state index contributed by atoms with van der Waals surface area (Å²) in [7, 11) is -1.24. The molecule has 202 valence electrons. The van der Waals surface area contributed by atoms with Crippen LogP contribution >= 0.6 is 8.38 Å². The second kappa shape index (κ2) is 15.3. The Balaban J connectivity index is 1.79. The van der Waals surface area contributed by atoms with Gasteiger partial charge >= 0.3 is 5.97 Å². The number of esters is 1. The largest absolute Gasteiger partial charge is 0.433 e. The van der Waals surface area contributed by atoms with E-state index >= 15 is 0 Å². The highest BCUT2D eigenvalue weighted by Crippen LogP contribution is 2.43. The van der Waals surface area contributed by atoms with Gasteiger partial charge in [0.15, 0.2) is 8.38 Å². The van der Waals surface area contributed by atoms with E-state index in [0.29, 0.717) is 19.6 Å². The molecule has 0 amide bonds. The van der Waals surface area contributed by atoms with Gasteiger partial charge in [-0.2, -0.15) is 0 Å². The quantitative estimate of drug-likeness (QED) is 0.216. The SMILES string of the molecule is CC(=O)OC1OC(/C=C/P(OC(C)C)OC(C)C)CC(OCc2ccccc2)C1OCc1ccccc1. The highest BCUT2D eigenvalue weighted by Gasteiger charge is 2.42. The molecule has 4 atom stereocenters. The molecular formula is C29H39O7P. The van der Waals surface area contributed by atoms with Crippen LogP contribution in [0.25, 0.3) is 0 Å². The Morgan fingerprint density at radius 3 is 1.97 bits per heavy atom. The fourth-order valence-corrected chi connectivity index (χ4v) is 5.15. The van der Waals surface area contributed by atoms with Crippen LogP contribution < -0.4 is 0 Å². The number of carbonyl (C=O) groups is 1. The fraction of sp³-hybridized carbons (Fsp3) is 0.483. The molecule has 2 aromatic rings. The van der Waals surface area contributed by atoms with Crippen molar-refractivity contribution in [2.45, 2.75) is 91.1 Å². The maximum absolute atomic E-state index is 12.0. The Morgan fingerprint density at radius 2 is 1.46 bits per heavy atom. The lowest BCUT2D eigenvalue weighted by Crippen LogP contribution is -2.51. The molecule has 0 saturated carbocycles. The minimum Gasteiger partial charge on any atom is -0.433 e. The molecule has 0 bridgehead atoms. The summed E-state index contributed by atoms with van der Waals surface area (Å²) in [5.74, 6) is 1.46. The standard InChI is InChI=1S/C29H39O7P/c1-21(2)35-37(36-22(3)4)17-16-26-18-27(31-19-24-12-8-6-9-13-24)28(29(34-26)33-23(5)30)32-20-25-14-10-7-11-15-25/h6-17,21-22,26-29H,18-20H2,1-5H3/b17-16+. The van der Waals surface area contributed by atoms with Gasteiger partial charge in [-0.25, -0.2) is 0 Å². The van der Waals surface area contributed by atoms with E-state index in [0.717, 1.165) is 11.1 Å². The van der Waals surface area contributed by atoms with E-state index in [-0.39, 0.29) is 24.4 Å². The van der Waals surface area contributed by atoms with Crippen LogP contribution in [0.4, 0.5) is 0 Å². The van der Waals surface area contributed by atoms with Crippen LogP contribution in [0, 0.1) is 0 Å². The molecule has 1 heterocycles. The van der Waals surface area contributed by atoms with E-state index in [1.165, 1.54) is 6.92 Å². The van der Waals surface area contributed by atoms with Gasteiger partial charge in [0.2, 0.25) is 6.29 Å². The molecule has 1 saturated heterocycles. The van der Waals surface area contributed by atoms with Crippen molar-refractivity contribution in [3.05, 3.63) is 83.7 Å². The lowest BCUT2D eigenvalue weighted by Gasteiger charge is -2.40. The zero-order valence-electron chi connectivity index (χ0n) is 22.3. The van der Waals surface area contributed by atoms with Crippen LogP contribution in [-0.2, 0) is 46.0 Å². The van der Waals surface area contributed by atoms with Crippen molar-refractivity contribution in [3.8, 4) is 0 Å². The predicted molar refractivity (Wildman–Crippen MR) is 144 cm³/mol. The van der Waals surface area contributed by atoms with E-state index < -0.39 is 26.7 Å². The molecule has 0 spiro atoms. The monoisotopic (exact) mass is 530 g/mol. The predicted octanol–water partition coefficient (Wildman–Crippen LogP) is 6.51. The molecule has 8 heteroatoms. The van der Waals surface area contributed by atoms with Crippen LogP contribution in [0.15, 0.2) is 72.6 Å². The van der Waals surface area contributed by atoms with Crippen LogP contribution in [0.5, 0.6) is 0 Å². The second-order valence-electron chi connectivity index (χ2n) is 9.42. The first-order valence-corrected chi connectivity index (χ1v) is 14.0. The summed E-state index contributed by atoms with van der Waals surface area (Å²) in [4.78, 5) is 12.0. The highest BCUT2D eigenvalue weighted by atomic mass is 31.2. The summed E-state index contributed by atoms with van der Waals surface area (Å²) in [6.07, 6.45) is 0.206. The summed E-state index contributed by atoms with van der Waals surface area (Å²) in [6, 6.07) is 19.8. The third-order valence-corrected chi connectivity index (χ3v) is 7.01. The average Bonchev–Trinajstić information content (AvgIpc) is 2.85. The minimum atomic E-state index is -1.24. The summed E-state index contributed by atoms with van der Waals surface area (Å²) >= 11 is 0. The Bertz CT molecular complexity index is 941.